The lowest BCUT2D eigenvalue weighted by Crippen LogP contribution is -2.07. The van der Waals surface area contributed by atoms with E-state index in [1.807, 2.05) is 37.4 Å². The first kappa shape index (κ1) is 11.7. The van der Waals surface area contributed by atoms with E-state index in [1.165, 1.54) is 5.69 Å². The molecule has 0 bridgehead atoms. The van der Waals surface area contributed by atoms with Crippen molar-refractivity contribution >= 4 is 5.69 Å². The molecule has 2 rings (SSSR count). The summed E-state index contributed by atoms with van der Waals surface area (Å²) in [6.45, 7) is 6.06. The number of nitrogens with one attached hydrogen (secondary N) is 1. The van der Waals surface area contributed by atoms with E-state index in [0.29, 0.717) is 0 Å². The van der Waals surface area contributed by atoms with Crippen molar-refractivity contribution in [2.45, 2.75) is 26.8 Å². The number of rotatable bonds is 5. The highest BCUT2D eigenvalue weighted by molar-refractivity contribution is 5.51. The van der Waals surface area contributed by atoms with Gasteiger partial charge in [0.2, 0.25) is 0 Å². The summed E-state index contributed by atoms with van der Waals surface area (Å²) in [5.41, 5.74) is 3.41. The molecule has 0 saturated heterocycles. The smallest absolute Gasteiger partial charge is 0.0945 e. The second kappa shape index (κ2) is 5.03. The number of imidazole rings is 1. The lowest BCUT2D eigenvalue weighted by Gasteiger charge is -2.07. The van der Waals surface area contributed by atoms with Gasteiger partial charge in [0, 0.05) is 32.5 Å². The van der Waals surface area contributed by atoms with E-state index in [0.717, 1.165) is 30.9 Å². The molecule has 0 aliphatic carbocycles. The van der Waals surface area contributed by atoms with E-state index < -0.39 is 0 Å². The monoisotopic (exact) mass is 233 g/mol. The maximum Gasteiger partial charge on any atom is 0.0945 e. The van der Waals surface area contributed by atoms with Crippen molar-refractivity contribution in [3.05, 3.63) is 30.1 Å². The summed E-state index contributed by atoms with van der Waals surface area (Å²) in [5.74, 6) is 0. The molecule has 0 radical (unpaired) electrons. The molecule has 2 aromatic heterocycles. The standard InChI is InChI=1S/C12H19N5/c1-10-12(11(2)16(3)15-10)14-5-4-7-17-8-6-13-9-17/h6,8-9,14H,4-5,7H2,1-3H3. The van der Waals surface area contributed by atoms with Gasteiger partial charge in [-0.1, -0.05) is 0 Å². The number of aryl methyl sites for hydroxylation is 3. The van der Waals surface area contributed by atoms with E-state index >= 15 is 0 Å². The van der Waals surface area contributed by atoms with Gasteiger partial charge in [-0.05, 0) is 20.3 Å². The maximum atomic E-state index is 4.38. The summed E-state index contributed by atoms with van der Waals surface area (Å²) in [6, 6.07) is 0. The van der Waals surface area contributed by atoms with Crippen LogP contribution in [-0.4, -0.2) is 25.9 Å². The molecule has 5 nitrogen and oxygen atoms in total. The maximum absolute atomic E-state index is 4.38. The lowest BCUT2D eigenvalue weighted by atomic mass is 10.3. The summed E-state index contributed by atoms with van der Waals surface area (Å²) in [6.07, 6.45) is 6.72. The largest absolute Gasteiger partial charge is 0.382 e. The predicted molar refractivity (Wildman–Crippen MR) is 68.0 cm³/mol. The van der Waals surface area contributed by atoms with Gasteiger partial charge in [-0.25, -0.2) is 4.98 Å². The number of hydrogen-bond acceptors (Lipinski definition) is 3. The zero-order valence-electron chi connectivity index (χ0n) is 10.6. The van der Waals surface area contributed by atoms with Crippen molar-refractivity contribution in [1.82, 2.24) is 19.3 Å². The van der Waals surface area contributed by atoms with E-state index in [4.69, 9.17) is 0 Å². The van der Waals surface area contributed by atoms with Crippen LogP contribution in [0.3, 0.4) is 0 Å². The van der Waals surface area contributed by atoms with Crippen LogP contribution in [0.15, 0.2) is 18.7 Å². The average molecular weight is 233 g/mol. The minimum Gasteiger partial charge on any atom is -0.382 e. The summed E-state index contributed by atoms with van der Waals surface area (Å²) >= 11 is 0. The third kappa shape index (κ3) is 2.67. The van der Waals surface area contributed by atoms with E-state index in [2.05, 4.69) is 26.9 Å². The summed E-state index contributed by atoms with van der Waals surface area (Å²) < 4.78 is 4.00. The molecule has 0 fully saturated rings. The molecule has 17 heavy (non-hydrogen) atoms. The molecule has 0 spiro atoms. The van der Waals surface area contributed by atoms with Crippen molar-refractivity contribution in [1.29, 1.82) is 0 Å². The van der Waals surface area contributed by atoms with Crippen LogP contribution in [0.2, 0.25) is 0 Å². The highest BCUT2D eigenvalue weighted by Gasteiger charge is 2.07. The first-order valence-electron chi connectivity index (χ1n) is 5.88. The van der Waals surface area contributed by atoms with Crippen LogP contribution in [0.1, 0.15) is 17.8 Å². The Morgan fingerprint density at radius 3 is 2.76 bits per heavy atom. The molecule has 5 heteroatoms. The first-order valence-corrected chi connectivity index (χ1v) is 5.88. The molecule has 2 aromatic rings. The molecule has 0 aliphatic heterocycles. The third-order valence-electron chi connectivity index (χ3n) is 2.96. The van der Waals surface area contributed by atoms with E-state index in [1.54, 1.807) is 0 Å². The molecular weight excluding hydrogens is 214 g/mol. The SMILES string of the molecule is Cc1nn(C)c(C)c1NCCCn1ccnc1. The second-order valence-electron chi connectivity index (χ2n) is 4.25. The Morgan fingerprint density at radius 1 is 1.35 bits per heavy atom. The van der Waals surface area contributed by atoms with Gasteiger partial charge in [-0.15, -0.1) is 0 Å². The Kier molecular flexibility index (Phi) is 3.46. The van der Waals surface area contributed by atoms with Gasteiger partial charge in [-0.3, -0.25) is 4.68 Å². The van der Waals surface area contributed by atoms with Gasteiger partial charge < -0.3 is 9.88 Å². The van der Waals surface area contributed by atoms with Crippen molar-refractivity contribution in [2.24, 2.45) is 7.05 Å². The van der Waals surface area contributed by atoms with Gasteiger partial charge in [0.25, 0.3) is 0 Å². The van der Waals surface area contributed by atoms with Crippen LogP contribution in [-0.2, 0) is 13.6 Å². The van der Waals surface area contributed by atoms with Gasteiger partial charge in [-0.2, -0.15) is 5.10 Å². The molecule has 1 N–H and O–H groups in total. The highest BCUT2D eigenvalue weighted by atomic mass is 15.3. The molecule has 0 saturated carbocycles. The second-order valence-corrected chi connectivity index (χ2v) is 4.25. The Balaban J connectivity index is 1.82. The number of aromatic nitrogens is 4. The molecule has 92 valence electrons. The minimum absolute atomic E-state index is 0.950. The lowest BCUT2D eigenvalue weighted by molar-refractivity contribution is 0.660. The Hall–Kier alpha value is -1.78. The fraction of sp³-hybridized carbons (Fsp3) is 0.500. The van der Waals surface area contributed by atoms with Gasteiger partial charge >= 0.3 is 0 Å². The van der Waals surface area contributed by atoms with Crippen LogP contribution in [0.4, 0.5) is 5.69 Å². The fourth-order valence-corrected chi connectivity index (χ4v) is 1.92. The summed E-state index contributed by atoms with van der Waals surface area (Å²) in [4.78, 5) is 4.02. The van der Waals surface area contributed by atoms with Crippen molar-refractivity contribution in [3.8, 4) is 0 Å². The number of nitrogens with zero attached hydrogens (tertiary/aromatic N) is 4. The highest BCUT2D eigenvalue weighted by Crippen LogP contribution is 2.17. The topological polar surface area (TPSA) is 47.7 Å². The Labute approximate surface area is 101 Å². The Morgan fingerprint density at radius 2 is 2.18 bits per heavy atom. The number of anilines is 1. The van der Waals surface area contributed by atoms with Gasteiger partial charge in [0.05, 0.1) is 23.4 Å². The van der Waals surface area contributed by atoms with Crippen LogP contribution >= 0.6 is 0 Å². The quantitative estimate of drug-likeness (QED) is 0.800. The molecule has 2 heterocycles. The molecule has 0 aromatic carbocycles. The van der Waals surface area contributed by atoms with Crippen molar-refractivity contribution in [3.63, 3.8) is 0 Å². The predicted octanol–water partition coefficient (Wildman–Crippen LogP) is 1.74. The molecule has 0 atom stereocenters. The minimum atomic E-state index is 0.950. The van der Waals surface area contributed by atoms with Crippen molar-refractivity contribution < 1.29 is 0 Å². The van der Waals surface area contributed by atoms with E-state index in [-0.39, 0.29) is 0 Å². The molecule has 0 aliphatic rings. The first-order chi connectivity index (χ1) is 8.18. The molecular formula is C12H19N5. The van der Waals surface area contributed by atoms with Crippen LogP contribution in [0, 0.1) is 13.8 Å². The van der Waals surface area contributed by atoms with Gasteiger partial charge in [0.1, 0.15) is 0 Å². The molecule has 0 unspecified atom stereocenters. The average Bonchev–Trinajstić information content (AvgIpc) is 2.87. The third-order valence-corrected chi connectivity index (χ3v) is 2.96. The zero-order valence-corrected chi connectivity index (χ0v) is 10.6. The van der Waals surface area contributed by atoms with E-state index in [9.17, 15) is 0 Å². The van der Waals surface area contributed by atoms with Crippen LogP contribution in [0.25, 0.3) is 0 Å². The molecule has 0 amide bonds. The van der Waals surface area contributed by atoms with Crippen molar-refractivity contribution in [2.75, 3.05) is 11.9 Å². The zero-order chi connectivity index (χ0) is 12.3. The summed E-state index contributed by atoms with van der Waals surface area (Å²) in [5, 5.41) is 7.83. The fourth-order valence-electron chi connectivity index (χ4n) is 1.92. The normalized spacial score (nSPS) is 10.8. The number of hydrogen-bond donors (Lipinski definition) is 1. The van der Waals surface area contributed by atoms with Gasteiger partial charge in [0.15, 0.2) is 0 Å². The van der Waals surface area contributed by atoms with Crippen LogP contribution < -0.4 is 5.32 Å². The van der Waals surface area contributed by atoms with Crippen LogP contribution in [0.5, 0.6) is 0 Å². The summed E-state index contributed by atoms with van der Waals surface area (Å²) in [7, 11) is 1.97. The Bertz CT molecular complexity index is 469.